The van der Waals surface area contributed by atoms with Gasteiger partial charge in [0.2, 0.25) is 0 Å². The van der Waals surface area contributed by atoms with E-state index >= 15 is 0 Å². The molecule has 168 valence electrons. The number of nitrogens with zero attached hydrogens (tertiary/aromatic N) is 1. The second-order valence-electron chi connectivity index (χ2n) is 6.60. The average molecular weight is 483 g/mol. The molecule has 0 radical (unpaired) electrons. The van der Waals surface area contributed by atoms with E-state index < -0.39 is 27.7 Å². The number of nitrogens with one attached hydrogen (secondary N) is 1. The number of hydrogen-bond donors (Lipinski definition) is 1. The highest BCUT2D eigenvalue weighted by molar-refractivity contribution is 7.92. The maximum absolute atomic E-state index is 13.1. The molecular weight excluding hydrogens is 465 g/mol. The van der Waals surface area contributed by atoms with Crippen molar-refractivity contribution in [3.05, 3.63) is 52.5 Å². The first-order chi connectivity index (χ1) is 15.0. The zero-order valence-corrected chi connectivity index (χ0v) is 18.5. The molecule has 0 aliphatic heterocycles. The summed E-state index contributed by atoms with van der Waals surface area (Å²) >= 11 is 1.41. The predicted molar refractivity (Wildman–Crippen MR) is 115 cm³/mol. The number of carbonyl (C=O) groups excluding carboxylic acids is 1. The van der Waals surface area contributed by atoms with Crippen LogP contribution in [-0.4, -0.2) is 26.5 Å². The van der Waals surface area contributed by atoms with Crippen LogP contribution in [0.2, 0.25) is 0 Å². The molecule has 0 amide bonds. The van der Waals surface area contributed by atoms with E-state index in [1.165, 1.54) is 30.6 Å². The molecule has 3 aromatic rings. The second kappa shape index (κ2) is 9.18. The highest BCUT2D eigenvalue weighted by Gasteiger charge is 2.31. The number of benzene rings is 2. The van der Waals surface area contributed by atoms with Crippen molar-refractivity contribution in [1.29, 1.82) is 0 Å². The van der Waals surface area contributed by atoms with Crippen molar-refractivity contribution in [3.8, 4) is 11.8 Å². The number of aryl methyl sites for hydroxylation is 1. The number of hydrogen-bond acceptors (Lipinski definition) is 6. The Morgan fingerprint density at radius 2 is 1.97 bits per heavy atom. The smallest absolute Gasteiger partial charge is 0.416 e. The molecule has 6 nitrogen and oxygen atoms in total. The third kappa shape index (κ3) is 5.57. The van der Waals surface area contributed by atoms with Gasteiger partial charge in [-0.3, -0.25) is 9.52 Å². The summed E-state index contributed by atoms with van der Waals surface area (Å²) in [4.78, 5) is 15.4. The molecule has 1 aromatic heterocycles. The Morgan fingerprint density at radius 3 is 2.66 bits per heavy atom. The van der Waals surface area contributed by atoms with Gasteiger partial charge in [0.15, 0.2) is 0 Å². The highest BCUT2D eigenvalue weighted by atomic mass is 32.2. The van der Waals surface area contributed by atoms with E-state index in [9.17, 15) is 26.4 Å². The standard InChI is InChI=1S/C21H17F3N2O4S2/c1-13-25-18-12-16(8-10-19(18)31-13)32(28,29)26-17-9-7-15(21(22,23)24)11-14(17)5-3-4-6-20(27)30-2/h7-12,26H,4,6H2,1-2H3. The van der Waals surface area contributed by atoms with Gasteiger partial charge in [-0.25, -0.2) is 13.4 Å². The molecule has 3 rings (SSSR count). The van der Waals surface area contributed by atoms with Gasteiger partial charge in [-0.2, -0.15) is 13.2 Å². The first-order valence-electron chi connectivity index (χ1n) is 9.16. The summed E-state index contributed by atoms with van der Waals surface area (Å²) in [6.07, 6.45) is -4.64. The zero-order chi connectivity index (χ0) is 23.5. The molecule has 11 heteroatoms. The number of ether oxygens (including phenoxy) is 1. The van der Waals surface area contributed by atoms with E-state index in [0.29, 0.717) is 5.52 Å². The van der Waals surface area contributed by atoms with Crippen molar-refractivity contribution in [1.82, 2.24) is 4.98 Å². The lowest BCUT2D eigenvalue weighted by molar-refractivity contribution is -0.140. The Kier molecular flexibility index (Phi) is 6.76. The van der Waals surface area contributed by atoms with Gasteiger partial charge in [-0.05, 0) is 43.3 Å². The first kappa shape index (κ1) is 23.6. The first-order valence-corrected chi connectivity index (χ1v) is 11.5. The normalized spacial score (nSPS) is 11.7. The van der Waals surface area contributed by atoms with Crippen LogP contribution >= 0.6 is 11.3 Å². The Balaban J connectivity index is 1.95. The van der Waals surface area contributed by atoms with Crippen molar-refractivity contribution < 1.29 is 31.1 Å². The van der Waals surface area contributed by atoms with Crippen LogP contribution in [0.1, 0.15) is 29.0 Å². The molecule has 32 heavy (non-hydrogen) atoms. The third-order valence-corrected chi connectivity index (χ3v) is 6.59. The number of alkyl halides is 3. The fourth-order valence-electron chi connectivity index (χ4n) is 2.73. The van der Waals surface area contributed by atoms with Crippen LogP contribution in [0.15, 0.2) is 41.3 Å². The van der Waals surface area contributed by atoms with Crippen LogP contribution in [0.5, 0.6) is 0 Å². The van der Waals surface area contributed by atoms with Gasteiger partial charge < -0.3 is 4.74 Å². The summed E-state index contributed by atoms with van der Waals surface area (Å²) in [6.45, 7) is 1.80. The van der Waals surface area contributed by atoms with Gasteiger partial charge in [0.05, 0.1) is 44.9 Å². The molecule has 1 N–H and O–H groups in total. The number of fused-ring (bicyclic) bond motifs is 1. The van der Waals surface area contributed by atoms with Crippen LogP contribution in [0.25, 0.3) is 10.2 Å². The Morgan fingerprint density at radius 1 is 1.22 bits per heavy atom. The van der Waals surface area contributed by atoms with Crippen LogP contribution in [0.3, 0.4) is 0 Å². The van der Waals surface area contributed by atoms with Gasteiger partial charge in [-0.1, -0.05) is 11.8 Å². The molecule has 0 bridgehead atoms. The Bertz CT molecular complexity index is 1340. The summed E-state index contributed by atoms with van der Waals surface area (Å²) < 4.78 is 72.8. The number of thiazole rings is 1. The topological polar surface area (TPSA) is 85.4 Å². The monoisotopic (exact) mass is 482 g/mol. The summed E-state index contributed by atoms with van der Waals surface area (Å²) in [6, 6.07) is 6.95. The van der Waals surface area contributed by atoms with Crippen LogP contribution in [-0.2, 0) is 25.7 Å². The van der Waals surface area contributed by atoms with E-state index in [0.717, 1.165) is 27.9 Å². The number of halogens is 3. The number of sulfonamides is 1. The minimum Gasteiger partial charge on any atom is -0.469 e. The average Bonchev–Trinajstić information content (AvgIpc) is 3.10. The molecule has 0 saturated heterocycles. The molecule has 0 saturated carbocycles. The molecular formula is C21H17F3N2O4S2. The maximum Gasteiger partial charge on any atom is 0.416 e. The minimum absolute atomic E-state index is 0.0367. The van der Waals surface area contributed by atoms with E-state index in [1.807, 2.05) is 0 Å². The van der Waals surface area contributed by atoms with Crippen LogP contribution in [0.4, 0.5) is 18.9 Å². The minimum atomic E-state index is -4.63. The SMILES string of the molecule is COC(=O)CCC#Cc1cc(C(F)(F)F)ccc1NS(=O)(=O)c1ccc2sc(C)nc2c1. The second-order valence-corrected chi connectivity index (χ2v) is 9.52. The number of carbonyl (C=O) groups is 1. The number of esters is 1. The van der Waals surface area contributed by atoms with Crippen molar-refractivity contribution >= 4 is 43.2 Å². The predicted octanol–water partition coefficient (Wildman–Crippen LogP) is 4.73. The lowest BCUT2D eigenvalue weighted by Gasteiger charge is -2.13. The van der Waals surface area contributed by atoms with Gasteiger partial charge in [-0.15, -0.1) is 11.3 Å². The maximum atomic E-state index is 13.1. The van der Waals surface area contributed by atoms with Crippen LogP contribution in [0, 0.1) is 18.8 Å². The fraction of sp³-hybridized carbons (Fsp3) is 0.238. The lowest BCUT2D eigenvalue weighted by Crippen LogP contribution is -2.14. The van der Waals surface area contributed by atoms with Crippen molar-refractivity contribution in [3.63, 3.8) is 0 Å². The summed E-state index contributed by atoms with van der Waals surface area (Å²) in [5, 5.41) is 0.773. The summed E-state index contributed by atoms with van der Waals surface area (Å²) in [5.74, 6) is 4.58. The van der Waals surface area contributed by atoms with Crippen molar-refractivity contribution in [2.75, 3.05) is 11.8 Å². The molecule has 0 atom stereocenters. The molecule has 0 aliphatic carbocycles. The molecule has 0 fully saturated rings. The van der Waals surface area contributed by atoms with E-state index in [-0.39, 0.29) is 29.0 Å². The van der Waals surface area contributed by atoms with Gasteiger partial charge >= 0.3 is 12.1 Å². The largest absolute Gasteiger partial charge is 0.469 e. The zero-order valence-electron chi connectivity index (χ0n) is 16.9. The molecule has 1 heterocycles. The molecule has 0 aliphatic rings. The molecule has 2 aromatic carbocycles. The van der Waals surface area contributed by atoms with E-state index in [1.54, 1.807) is 13.0 Å². The molecule has 0 spiro atoms. The van der Waals surface area contributed by atoms with Gasteiger partial charge in [0.25, 0.3) is 10.0 Å². The number of rotatable bonds is 5. The number of methoxy groups -OCH3 is 1. The van der Waals surface area contributed by atoms with Gasteiger partial charge in [0, 0.05) is 12.0 Å². The Hall–Kier alpha value is -3.10. The third-order valence-electron chi connectivity index (χ3n) is 4.27. The number of anilines is 1. The van der Waals surface area contributed by atoms with E-state index in [2.05, 4.69) is 26.3 Å². The lowest BCUT2D eigenvalue weighted by atomic mass is 10.1. The van der Waals surface area contributed by atoms with E-state index in [4.69, 9.17) is 0 Å². The fourth-order valence-corrected chi connectivity index (χ4v) is 4.64. The number of aromatic nitrogens is 1. The highest BCUT2D eigenvalue weighted by Crippen LogP contribution is 2.32. The Labute approximate surface area is 186 Å². The van der Waals surface area contributed by atoms with Crippen LogP contribution < -0.4 is 4.72 Å². The summed E-state index contributed by atoms with van der Waals surface area (Å²) in [5.41, 5.74) is -0.750. The van der Waals surface area contributed by atoms with Crippen molar-refractivity contribution in [2.24, 2.45) is 0 Å². The van der Waals surface area contributed by atoms with Crippen molar-refractivity contribution in [2.45, 2.75) is 30.8 Å². The molecule has 0 unspecified atom stereocenters. The summed E-state index contributed by atoms with van der Waals surface area (Å²) in [7, 11) is -2.91. The quantitative estimate of drug-likeness (QED) is 0.420. The van der Waals surface area contributed by atoms with Gasteiger partial charge in [0.1, 0.15) is 0 Å².